The number of aryl methyl sites for hydroxylation is 2. The van der Waals surface area contributed by atoms with Gasteiger partial charge in [0.1, 0.15) is 0 Å². The minimum Gasteiger partial charge on any atom is -0.326 e. The highest BCUT2D eigenvalue weighted by atomic mass is 35.5. The standard InChI is InChI=1S/C18H16ClN3O2/c1-11-9-12(19)7-8-15(11)20-17(23)10-16-13-5-3-4-6-14(13)18(24)22(2)21-16/h3-9H,10H2,1-2H3,(H,20,23). The number of nitrogens with one attached hydrogen (secondary N) is 1. The van der Waals surface area contributed by atoms with E-state index in [4.69, 9.17) is 11.6 Å². The fraction of sp³-hybridized carbons (Fsp3) is 0.167. The smallest absolute Gasteiger partial charge is 0.274 e. The van der Waals surface area contributed by atoms with Crippen LogP contribution in [0.3, 0.4) is 0 Å². The van der Waals surface area contributed by atoms with E-state index in [1.165, 1.54) is 4.68 Å². The van der Waals surface area contributed by atoms with Crippen LogP contribution in [-0.4, -0.2) is 15.7 Å². The van der Waals surface area contributed by atoms with Gasteiger partial charge in [0.25, 0.3) is 5.56 Å². The normalized spacial score (nSPS) is 10.8. The van der Waals surface area contributed by atoms with E-state index < -0.39 is 0 Å². The highest BCUT2D eigenvalue weighted by Gasteiger charge is 2.13. The molecule has 122 valence electrons. The van der Waals surface area contributed by atoms with Crippen molar-refractivity contribution in [1.29, 1.82) is 0 Å². The minimum absolute atomic E-state index is 0.0801. The van der Waals surface area contributed by atoms with Crippen molar-refractivity contribution in [3.05, 3.63) is 69.1 Å². The van der Waals surface area contributed by atoms with Crippen LogP contribution >= 0.6 is 11.6 Å². The van der Waals surface area contributed by atoms with Gasteiger partial charge in [-0.1, -0.05) is 29.8 Å². The van der Waals surface area contributed by atoms with Gasteiger partial charge >= 0.3 is 0 Å². The first kappa shape index (κ1) is 16.2. The average molecular weight is 342 g/mol. The molecule has 0 unspecified atom stereocenters. The monoisotopic (exact) mass is 341 g/mol. The lowest BCUT2D eigenvalue weighted by atomic mass is 10.1. The van der Waals surface area contributed by atoms with Gasteiger partial charge < -0.3 is 5.32 Å². The van der Waals surface area contributed by atoms with Gasteiger partial charge in [0.2, 0.25) is 5.91 Å². The lowest BCUT2D eigenvalue weighted by Crippen LogP contribution is -2.24. The van der Waals surface area contributed by atoms with Crippen LogP contribution in [-0.2, 0) is 18.3 Å². The first-order valence-corrected chi connectivity index (χ1v) is 7.84. The highest BCUT2D eigenvalue weighted by Crippen LogP contribution is 2.20. The molecule has 1 N–H and O–H groups in total. The van der Waals surface area contributed by atoms with Crippen LogP contribution < -0.4 is 10.9 Å². The van der Waals surface area contributed by atoms with E-state index in [1.54, 1.807) is 43.4 Å². The van der Waals surface area contributed by atoms with Crippen LogP contribution in [0.1, 0.15) is 11.3 Å². The van der Waals surface area contributed by atoms with Crippen LogP contribution in [0.15, 0.2) is 47.3 Å². The molecule has 0 bridgehead atoms. The van der Waals surface area contributed by atoms with Crippen molar-refractivity contribution in [1.82, 2.24) is 9.78 Å². The van der Waals surface area contributed by atoms with Crippen molar-refractivity contribution >= 4 is 34.0 Å². The summed E-state index contributed by atoms with van der Waals surface area (Å²) in [6.45, 7) is 1.88. The van der Waals surface area contributed by atoms with E-state index in [1.807, 2.05) is 13.0 Å². The number of benzene rings is 2. The molecule has 0 saturated carbocycles. The summed E-state index contributed by atoms with van der Waals surface area (Å²) in [5, 5.41) is 8.98. The Balaban J connectivity index is 1.91. The summed E-state index contributed by atoms with van der Waals surface area (Å²) >= 11 is 5.93. The summed E-state index contributed by atoms with van der Waals surface area (Å²) in [6, 6.07) is 12.5. The number of fused-ring (bicyclic) bond motifs is 1. The predicted molar refractivity (Wildman–Crippen MR) is 95.5 cm³/mol. The Labute approximate surface area is 143 Å². The van der Waals surface area contributed by atoms with E-state index in [0.29, 0.717) is 27.2 Å². The SMILES string of the molecule is Cc1cc(Cl)ccc1NC(=O)Cc1nn(C)c(=O)c2ccccc12. The van der Waals surface area contributed by atoms with Gasteiger partial charge in [0.05, 0.1) is 17.5 Å². The van der Waals surface area contributed by atoms with Crippen molar-refractivity contribution in [2.24, 2.45) is 7.05 Å². The Kier molecular flexibility index (Phi) is 4.36. The quantitative estimate of drug-likeness (QED) is 0.796. The molecule has 0 fully saturated rings. The molecule has 0 spiro atoms. The second-order valence-corrected chi connectivity index (χ2v) is 6.04. The molecular formula is C18H16ClN3O2. The van der Waals surface area contributed by atoms with Crippen molar-refractivity contribution < 1.29 is 4.79 Å². The Morgan fingerprint density at radius 1 is 1.21 bits per heavy atom. The molecule has 0 aliphatic heterocycles. The van der Waals surface area contributed by atoms with E-state index >= 15 is 0 Å². The number of carbonyl (C=O) groups excluding carboxylic acids is 1. The fourth-order valence-electron chi connectivity index (χ4n) is 2.62. The molecule has 24 heavy (non-hydrogen) atoms. The Morgan fingerprint density at radius 2 is 1.92 bits per heavy atom. The van der Waals surface area contributed by atoms with Crippen LogP contribution in [0.2, 0.25) is 5.02 Å². The molecule has 1 heterocycles. The zero-order chi connectivity index (χ0) is 17.3. The van der Waals surface area contributed by atoms with Crippen LogP contribution in [0.4, 0.5) is 5.69 Å². The second-order valence-electron chi connectivity index (χ2n) is 5.61. The topological polar surface area (TPSA) is 64.0 Å². The molecule has 0 saturated heterocycles. The summed E-state index contributed by atoms with van der Waals surface area (Å²) in [7, 11) is 1.58. The van der Waals surface area contributed by atoms with Crippen molar-refractivity contribution in [3.8, 4) is 0 Å². The fourth-order valence-corrected chi connectivity index (χ4v) is 2.85. The van der Waals surface area contributed by atoms with Crippen LogP contribution in [0.5, 0.6) is 0 Å². The van der Waals surface area contributed by atoms with Gasteiger partial charge in [-0.05, 0) is 36.8 Å². The summed E-state index contributed by atoms with van der Waals surface area (Å²) in [6.07, 6.45) is 0.0801. The largest absolute Gasteiger partial charge is 0.326 e. The maximum atomic E-state index is 12.4. The number of anilines is 1. The highest BCUT2D eigenvalue weighted by molar-refractivity contribution is 6.30. The lowest BCUT2D eigenvalue weighted by Gasteiger charge is -2.10. The summed E-state index contributed by atoms with van der Waals surface area (Å²) in [5.41, 5.74) is 1.98. The Morgan fingerprint density at radius 3 is 2.62 bits per heavy atom. The molecule has 5 nitrogen and oxygen atoms in total. The van der Waals surface area contributed by atoms with E-state index in [9.17, 15) is 9.59 Å². The molecule has 2 aromatic carbocycles. The van der Waals surface area contributed by atoms with Gasteiger partial charge in [-0.3, -0.25) is 9.59 Å². The molecule has 0 aliphatic rings. The van der Waals surface area contributed by atoms with Gasteiger partial charge in [-0.15, -0.1) is 0 Å². The van der Waals surface area contributed by atoms with Crippen molar-refractivity contribution in [3.63, 3.8) is 0 Å². The predicted octanol–water partition coefficient (Wildman–Crippen LogP) is 3.08. The maximum absolute atomic E-state index is 12.4. The lowest BCUT2D eigenvalue weighted by molar-refractivity contribution is -0.115. The molecule has 1 aromatic heterocycles. The van der Waals surface area contributed by atoms with E-state index in [2.05, 4.69) is 10.4 Å². The third kappa shape index (κ3) is 3.16. The summed E-state index contributed by atoms with van der Waals surface area (Å²) < 4.78 is 1.26. The molecule has 3 rings (SSSR count). The number of amides is 1. The molecule has 3 aromatic rings. The molecule has 0 radical (unpaired) electrons. The third-order valence-corrected chi connectivity index (χ3v) is 4.06. The molecule has 1 amide bonds. The van der Waals surface area contributed by atoms with Gasteiger partial charge in [0, 0.05) is 23.1 Å². The number of carbonyl (C=O) groups is 1. The molecule has 0 atom stereocenters. The van der Waals surface area contributed by atoms with E-state index in [0.717, 1.165) is 5.56 Å². The van der Waals surface area contributed by atoms with Gasteiger partial charge in [0.15, 0.2) is 0 Å². The third-order valence-electron chi connectivity index (χ3n) is 3.82. The number of hydrogen-bond donors (Lipinski definition) is 1. The van der Waals surface area contributed by atoms with Crippen molar-refractivity contribution in [2.45, 2.75) is 13.3 Å². The number of nitrogens with zero attached hydrogens (tertiary/aromatic N) is 2. The van der Waals surface area contributed by atoms with Gasteiger partial charge in [-0.25, -0.2) is 4.68 Å². The van der Waals surface area contributed by atoms with E-state index in [-0.39, 0.29) is 17.9 Å². The Hall–Kier alpha value is -2.66. The first-order valence-electron chi connectivity index (χ1n) is 7.46. The average Bonchev–Trinajstić information content (AvgIpc) is 2.55. The molecule has 6 heteroatoms. The zero-order valence-electron chi connectivity index (χ0n) is 13.3. The van der Waals surface area contributed by atoms with Crippen LogP contribution in [0, 0.1) is 6.92 Å². The number of rotatable bonds is 3. The van der Waals surface area contributed by atoms with Crippen LogP contribution in [0.25, 0.3) is 10.8 Å². The molecule has 0 aliphatic carbocycles. The Bertz CT molecular complexity index is 995. The second kappa shape index (κ2) is 6.45. The van der Waals surface area contributed by atoms with Crippen molar-refractivity contribution in [2.75, 3.05) is 5.32 Å². The minimum atomic E-state index is -0.197. The number of halogens is 1. The maximum Gasteiger partial charge on any atom is 0.274 e. The first-order chi connectivity index (χ1) is 11.5. The molecular weight excluding hydrogens is 326 g/mol. The summed E-state index contributed by atoms with van der Waals surface area (Å²) in [5.74, 6) is -0.197. The zero-order valence-corrected chi connectivity index (χ0v) is 14.1. The van der Waals surface area contributed by atoms with Gasteiger partial charge in [-0.2, -0.15) is 5.10 Å². The number of aromatic nitrogens is 2. The summed E-state index contributed by atoms with van der Waals surface area (Å²) in [4.78, 5) is 24.5. The number of hydrogen-bond acceptors (Lipinski definition) is 3.